The number of hydrogen-bond acceptors (Lipinski definition) is 2. The molecule has 0 fully saturated rings. The number of fused-ring (bicyclic) bond motifs is 2. The van der Waals surface area contributed by atoms with Gasteiger partial charge in [0.05, 0.1) is 11.2 Å². The van der Waals surface area contributed by atoms with Gasteiger partial charge in [0.15, 0.2) is 0 Å². The van der Waals surface area contributed by atoms with E-state index in [1.54, 1.807) is 13.8 Å². The molecular weight excluding hydrogens is 355 g/mol. The van der Waals surface area contributed by atoms with Crippen LogP contribution in [-0.4, -0.2) is 23.8 Å². The Morgan fingerprint density at radius 1 is 0.655 bits per heavy atom. The van der Waals surface area contributed by atoms with Gasteiger partial charge in [-0.2, -0.15) is 0 Å². The lowest BCUT2D eigenvalue weighted by molar-refractivity contribution is -0.0892. The van der Waals surface area contributed by atoms with Crippen molar-refractivity contribution in [3.63, 3.8) is 0 Å². The highest BCUT2D eigenvalue weighted by Crippen LogP contribution is 2.35. The van der Waals surface area contributed by atoms with Gasteiger partial charge in [0.1, 0.15) is 0 Å². The maximum Gasteiger partial charge on any atom is 0.332 e. The number of benzene rings is 4. The normalized spacial score (nSPS) is 12.4. The average Bonchev–Trinajstić information content (AvgIpc) is 2.71. The molecule has 1 radical (unpaired) electrons. The maximum absolute atomic E-state index is 10.5. The van der Waals surface area contributed by atoms with Gasteiger partial charge in [0, 0.05) is 0 Å². The summed E-state index contributed by atoms with van der Waals surface area (Å²) < 4.78 is 6.17. The summed E-state index contributed by atoms with van der Waals surface area (Å²) in [7, 11) is 1.82. The van der Waals surface area contributed by atoms with Crippen molar-refractivity contribution in [2.24, 2.45) is 0 Å². The average molecular weight is 381 g/mol. The molecule has 4 aromatic rings. The summed E-state index contributed by atoms with van der Waals surface area (Å²) in [6.07, 6.45) is 0. The molecule has 0 unspecified atom stereocenters. The predicted molar refractivity (Wildman–Crippen MR) is 124 cm³/mol. The van der Waals surface area contributed by atoms with Crippen molar-refractivity contribution < 1.29 is 9.76 Å². The van der Waals surface area contributed by atoms with E-state index in [0.717, 1.165) is 16.2 Å². The molecule has 0 saturated heterocycles. The molecule has 0 amide bonds. The van der Waals surface area contributed by atoms with E-state index >= 15 is 0 Å². The van der Waals surface area contributed by atoms with Crippen molar-refractivity contribution in [1.82, 2.24) is 0 Å². The molecule has 0 aliphatic heterocycles. The Hall–Kier alpha value is -2.62. The summed E-state index contributed by atoms with van der Waals surface area (Å²) >= 11 is 0. The van der Waals surface area contributed by atoms with E-state index in [2.05, 4.69) is 72.8 Å². The fourth-order valence-corrected chi connectivity index (χ4v) is 3.56. The molecule has 1 N–H and O–H groups in total. The largest absolute Gasteiger partial charge is 0.427 e. The first-order valence-corrected chi connectivity index (χ1v) is 10.0. The van der Waals surface area contributed by atoms with Gasteiger partial charge in [-0.05, 0) is 65.8 Å². The molecule has 0 aliphatic rings. The third-order valence-electron chi connectivity index (χ3n) is 5.98. The first-order valence-electron chi connectivity index (χ1n) is 10.0. The zero-order valence-electron chi connectivity index (χ0n) is 17.4. The Bertz CT molecular complexity index is 1100. The maximum atomic E-state index is 10.5. The molecule has 0 aromatic heterocycles. The standard InChI is InChI=1S/C26H26BO2/c1-25(2,28)26(3,4)29-27-24-21-16-10-8-14-19(21)23(18-12-6-5-7-13-18)20-15-9-11-17-22(20)24/h5-17,28H,1-4H3. The van der Waals surface area contributed by atoms with E-state index in [-0.39, 0.29) is 0 Å². The van der Waals surface area contributed by atoms with Gasteiger partial charge in [-0.1, -0.05) is 78.9 Å². The van der Waals surface area contributed by atoms with Crippen molar-refractivity contribution in [2.45, 2.75) is 38.9 Å². The summed E-state index contributed by atoms with van der Waals surface area (Å²) in [5.74, 6) is 0. The van der Waals surface area contributed by atoms with E-state index in [1.807, 2.05) is 27.4 Å². The van der Waals surface area contributed by atoms with E-state index in [1.165, 1.54) is 21.9 Å². The Morgan fingerprint density at radius 2 is 1.10 bits per heavy atom. The molecule has 145 valence electrons. The van der Waals surface area contributed by atoms with Gasteiger partial charge in [0.2, 0.25) is 0 Å². The van der Waals surface area contributed by atoms with E-state index in [4.69, 9.17) is 4.65 Å². The smallest absolute Gasteiger partial charge is 0.332 e. The summed E-state index contributed by atoms with van der Waals surface area (Å²) in [5, 5.41) is 15.1. The highest BCUT2D eigenvalue weighted by atomic mass is 16.5. The molecule has 0 bridgehead atoms. The Morgan fingerprint density at radius 3 is 1.59 bits per heavy atom. The van der Waals surface area contributed by atoms with E-state index < -0.39 is 11.2 Å². The number of rotatable bonds is 5. The molecule has 4 aromatic carbocycles. The van der Waals surface area contributed by atoms with Crippen LogP contribution in [0.3, 0.4) is 0 Å². The van der Waals surface area contributed by atoms with Gasteiger partial charge >= 0.3 is 7.48 Å². The molecule has 2 nitrogen and oxygen atoms in total. The summed E-state index contributed by atoms with van der Waals surface area (Å²) in [4.78, 5) is 0. The van der Waals surface area contributed by atoms with Crippen molar-refractivity contribution in [2.75, 3.05) is 0 Å². The lowest BCUT2D eigenvalue weighted by Gasteiger charge is -2.37. The molecular formula is C26H26BO2. The number of hydrogen-bond donors (Lipinski definition) is 1. The molecule has 0 atom stereocenters. The van der Waals surface area contributed by atoms with Crippen LogP contribution in [0, 0.1) is 0 Å². The molecule has 29 heavy (non-hydrogen) atoms. The van der Waals surface area contributed by atoms with Gasteiger partial charge in [-0.15, -0.1) is 0 Å². The van der Waals surface area contributed by atoms with Crippen LogP contribution in [0.1, 0.15) is 27.7 Å². The third-order valence-corrected chi connectivity index (χ3v) is 5.98. The quantitative estimate of drug-likeness (QED) is 0.367. The van der Waals surface area contributed by atoms with E-state index in [0.29, 0.717) is 0 Å². The van der Waals surface area contributed by atoms with Crippen molar-refractivity contribution >= 4 is 34.5 Å². The second-order valence-electron chi connectivity index (χ2n) is 8.55. The summed E-state index contributed by atoms with van der Waals surface area (Å²) in [5.41, 5.74) is 1.76. The van der Waals surface area contributed by atoms with Crippen molar-refractivity contribution in [3.05, 3.63) is 78.9 Å². The predicted octanol–water partition coefficient (Wildman–Crippen LogP) is 5.47. The first kappa shape index (κ1) is 19.7. The summed E-state index contributed by atoms with van der Waals surface area (Å²) in [6, 6.07) is 27.4. The Kier molecular flexibility index (Phi) is 4.98. The zero-order valence-corrected chi connectivity index (χ0v) is 17.4. The molecule has 0 heterocycles. The topological polar surface area (TPSA) is 29.5 Å². The summed E-state index contributed by atoms with van der Waals surface area (Å²) in [6.45, 7) is 7.36. The highest BCUT2D eigenvalue weighted by Gasteiger charge is 2.36. The van der Waals surface area contributed by atoms with Gasteiger partial charge in [-0.25, -0.2) is 0 Å². The first-order chi connectivity index (χ1) is 13.8. The van der Waals surface area contributed by atoms with Gasteiger partial charge < -0.3 is 9.76 Å². The van der Waals surface area contributed by atoms with Crippen LogP contribution in [0.25, 0.3) is 32.7 Å². The minimum atomic E-state index is -0.973. The minimum absolute atomic E-state index is 0.729. The second-order valence-corrected chi connectivity index (χ2v) is 8.55. The van der Waals surface area contributed by atoms with Crippen LogP contribution in [-0.2, 0) is 4.65 Å². The van der Waals surface area contributed by atoms with Gasteiger partial charge in [0.25, 0.3) is 0 Å². The van der Waals surface area contributed by atoms with Crippen LogP contribution in [0.4, 0.5) is 0 Å². The molecule has 0 aliphatic carbocycles. The third kappa shape index (κ3) is 3.57. The minimum Gasteiger partial charge on any atom is -0.427 e. The molecule has 0 saturated carbocycles. The van der Waals surface area contributed by atoms with Crippen LogP contribution in [0.5, 0.6) is 0 Å². The Labute approximate surface area is 173 Å². The van der Waals surface area contributed by atoms with E-state index in [9.17, 15) is 5.11 Å². The highest BCUT2D eigenvalue weighted by molar-refractivity contribution is 6.57. The van der Waals surface area contributed by atoms with Crippen LogP contribution < -0.4 is 5.46 Å². The molecule has 3 heteroatoms. The lowest BCUT2D eigenvalue weighted by atomic mass is 9.75. The van der Waals surface area contributed by atoms with Crippen LogP contribution in [0.15, 0.2) is 78.9 Å². The molecule has 0 spiro atoms. The Balaban J connectivity index is 1.97. The second kappa shape index (κ2) is 7.33. The fourth-order valence-electron chi connectivity index (χ4n) is 3.56. The molecule has 4 rings (SSSR count). The fraction of sp³-hybridized carbons (Fsp3) is 0.231. The zero-order chi connectivity index (χ0) is 20.6. The number of aliphatic hydroxyl groups is 1. The van der Waals surface area contributed by atoms with Crippen LogP contribution in [0.2, 0.25) is 0 Å². The monoisotopic (exact) mass is 381 g/mol. The van der Waals surface area contributed by atoms with Gasteiger partial charge in [-0.3, -0.25) is 0 Å². The SMILES string of the molecule is CC(C)(O)C(C)(C)O[B]c1c2ccccc2c(-c2ccccc2)c2ccccc12. The van der Waals surface area contributed by atoms with Crippen molar-refractivity contribution in [3.8, 4) is 11.1 Å². The van der Waals surface area contributed by atoms with Crippen LogP contribution >= 0.6 is 0 Å². The lowest BCUT2D eigenvalue weighted by Crippen LogP contribution is -2.49. The van der Waals surface area contributed by atoms with Crippen molar-refractivity contribution in [1.29, 1.82) is 0 Å².